The van der Waals surface area contributed by atoms with Crippen molar-refractivity contribution in [1.29, 1.82) is 0 Å². The van der Waals surface area contributed by atoms with Crippen LogP contribution < -0.4 is 5.32 Å². The first-order chi connectivity index (χ1) is 15.1. The van der Waals surface area contributed by atoms with Crippen LogP contribution in [0.5, 0.6) is 0 Å². The number of nitrogens with one attached hydrogen (secondary N) is 2. The van der Waals surface area contributed by atoms with E-state index in [1.54, 1.807) is 25.7 Å². The van der Waals surface area contributed by atoms with E-state index in [-0.39, 0.29) is 23.7 Å². The molecule has 0 bridgehead atoms. The van der Waals surface area contributed by atoms with Gasteiger partial charge in [-0.05, 0) is 45.1 Å². The predicted octanol–water partition coefficient (Wildman–Crippen LogP) is 2.96. The van der Waals surface area contributed by atoms with Crippen molar-refractivity contribution in [3.8, 4) is 0 Å². The molecule has 2 heterocycles. The fourth-order valence-corrected chi connectivity index (χ4v) is 3.64. The second-order valence-electron chi connectivity index (χ2n) is 9.35. The summed E-state index contributed by atoms with van der Waals surface area (Å²) in [7, 11) is 0. The van der Waals surface area contributed by atoms with Gasteiger partial charge in [0.2, 0.25) is 0 Å². The molecule has 1 aliphatic rings. The minimum atomic E-state index is -0.917. The van der Waals surface area contributed by atoms with Crippen LogP contribution in [0.1, 0.15) is 67.1 Å². The van der Waals surface area contributed by atoms with Crippen LogP contribution in [0.15, 0.2) is 36.7 Å². The van der Waals surface area contributed by atoms with E-state index in [4.69, 9.17) is 4.74 Å². The van der Waals surface area contributed by atoms with Crippen LogP contribution in [0.2, 0.25) is 0 Å². The van der Waals surface area contributed by atoms with E-state index in [9.17, 15) is 14.4 Å². The summed E-state index contributed by atoms with van der Waals surface area (Å²) < 4.78 is 5.52. The summed E-state index contributed by atoms with van der Waals surface area (Å²) in [6, 6.07) is 8.46. The molecule has 3 rings (SSSR count). The first-order valence-electron chi connectivity index (χ1n) is 11.0. The number of aromatic nitrogens is 2. The maximum atomic E-state index is 13.1. The Morgan fingerprint density at radius 1 is 1.19 bits per heavy atom. The molecule has 8 heteroatoms. The number of piperidine rings is 1. The van der Waals surface area contributed by atoms with Crippen molar-refractivity contribution in [2.75, 3.05) is 13.1 Å². The topological polar surface area (TPSA) is 104 Å². The molecular formula is C24H32N4O4. The number of imidazole rings is 1. The van der Waals surface area contributed by atoms with Crippen LogP contribution in [0.25, 0.3) is 0 Å². The van der Waals surface area contributed by atoms with E-state index in [0.717, 1.165) is 18.4 Å². The number of rotatable bonds is 6. The van der Waals surface area contributed by atoms with E-state index in [0.29, 0.717) is 19.0 Å². The van der Waals surface area contributed by atoms with Crippen LogP contribution in [-0.2, 0) is 16.0 Å². The Morgan fingerprint density at radius 3 is 2.47 bits per heavy atom. The van der Waals surface area contributed by atoms with E-state index in [1.165, 1.54) is 6.33 Å². The van der Waals surface area contributed by atoms with Gasteiger partial charge in [-0.3, -0.25) is 9.59 Å². The second kappa shape index (κ2) is 9.97. The maximum Gasteiger partial charge on any atom is 0.329 e. The standard InChI is InChI=1S/C24H32N4O4/c1-16-10-12-28(13-11-16)22(30)20-19(25-15-26-20)21(29)27-18(23(31)32-24(2,3)4)14-17-8-6-5-7-9-17/h5-9,15-16,18H,10-14H2,1-4H3,(H,25,26)(H,27,29)/t18-/m0/s1. The number of esters is 1. The summed E-state index contributed by atoms with van der Waals surface area (Å²) in [4.78, 5) is 47.5. The average molecular weight is 441 g/mol. The summed E-state index contributed by atoms with van der Waals surface area (Å²) in [6.45, 7) is 8.78. The fourth-order valence-electron chi connectivity index (χ4n) is 3.64. The van der Waals surface area contributed by atoms with Gasteiger partial charge in [0.1, 0.15) is 17.3 Å². The molecule has 1 aromatic carbocycles. The van der Waals surface area contributed by atoms with Gasteiger partial charge in [-0.15, -0.1) is 0 Å². The molecule has 1 aromatic heterocycles. The summed E-state index contributed by atoms with van der Waals surface area (Å²) in [5, 5.41) is 2.73. The van der Waals surface area contributed by atoms with Crippen molar-refractivity contribution >= 4 is 17.8 Å². The number of aromatic amines is 1. The molecular weight excluding hydrogens is 408 g/mol. The minimum absolute atomic E-state index is 0.0183. The Labute approximate surface area is 188 Å². The van der Waals surface area contributed by atoms with Gasteiger partial charge in [-0.25, -0.2) is 9.78 Å². The normalized spacial score (nSPS) is 15.8. The monoisotopic (exact) mass is 440 g/mol. The molecule has 2 aromatic rings. The highest BCUT2D eigenvalue weighted by molar-refractivity contribution is 6.05. The summed E-state index contributed by atoms with van der Waals surface area (Å²) in [5.74, 6) is -0.803. The van der Waals surface area contributed by atoms with Crippen LogP contribution in [0.3, 0.4) is 0 Å². The van der Waals surface area contributed by atoms with Crippen molar-refractivity contribution in [2.24, 2.45) is 5.92 Å². The highest BCUT2D eigenvalue weighted by atomic mass is 16.6. The molecule has 0 unspecified atom stereocenters. The van der Waals surface area contributed by atoms with Crippen LogP contribution in [-0.4, -0.2) is 57.4 Å². The molecule has 172 valence electrons. The highest BCUT2D eigenvalue weighted by Crippen LogP contribution is 2.19. The summed E-state index contributed by atoms with van der Waals surface area (Å²) >= 11 is 0. The average Bonchev–Trinajstić information content (AvgIpc) is 3.23. The molecule has 0 spiro atoms. The number of likely N-dealkylation sites (tertiary alicyclic amines) is 1. The lowest BCUT2D eigenvalue weighted by atomic mass is 9.99. The number of hydrogen-bond acceptors (Lipinski definition) is 5. The third-order valence-corrected chi connectivity index (χ3v) is 5.42. The number of carbonyl (C=O) groups excluding carboxylic acids is 3. The van der Waals surface area contributed by atoms with Crippen LogP contribution >= 0.6 is 0 Å². The van der Waals surface area contributed by atoms with E-state index in [1.807, 2.05) is 30.3 Å². The van der Waals surface area contributed by atoms with E-state index in [2.05, 4.69) is 22.2 Å². The number of hydrogen-bond donors (Lipinski definition) is 2. The van der Waals surface area contributed by atoms with Crippen molar-refractivity contribution in [3.05, 3.63) is 53.6 Å². The van der Waals surface area contributed by atoms with Gasteiger partial charge in [-0.1, -0.05) is 37.3 Å². The van der Waals surface area contributed by atoms with Gasteiger partial charge >= 0.3 is 5.97 Å². The van der Waals surface area contributed by atoms with Crippen molar-refractivity contribution < 1.29 is 19.1 Å². The largest absolute Gasteiger partial charge is 0.458 e. The molecule has 2 amide bonds. The number of ether oxygens (including phenoxy) is 1. The van der Waals surface area contributed by atoms with Crippen LogP contribution in [0, 0.1) is 5.92 Å². The highest BCUT2D eigenvalue weighted by Gasteiger charge is 2.31. The van der Waals surface area contributed by atoms with Gasteiger partial charge < -0.3 is 19.9 Å². The van der Waals surface area contributed by atoms with Gasteiger partial charge in [-0.2, -0.15) is 0 Å². The Balaban J connectivity index is 1.77. The third kappa shape index (κ3) is 6.18. The smallest absolute Gasteiger partial charge is 0.329 e. The molecule has 32 heavy (non-hydrogen) atoms. The molecule has 0 radical (unpaired) electrons. The first-order valence-corrected chi connectivity index (χ1v) is 11.0. The lowest BCUT2D eigenvalue weighted by molar-refractivity contribution is -0.157. The first kappa shape index (κ1) is 23.5. The Kier molecular flexibility index (Phi) is 7.33. The van der Waals surface area contributed by atoms with Crippen molar-refractivity contribution in [3.63, 3.8) is 0 Å². The second-order valence-corrected chi connectivity index (χ2v) is 9.35. The van der Waals surface area contributed by atoms with Gasteiger partial charge in [0, 0.05) is 19.5 Å². The Hall–Kier alpha value is -3.16. The number of benzene rings is 1. The lowest BCUT2D eigenvalue weighted by Gasteiger charge is -2.30. The number of amides is 2. The zero-order valence-electron chi connectivity index (χ0n) is 19.2. The Bertz CT molecular complexity index is 940. The van der Waals surface area contributed by atoms with Crippen molar-refractivity contribution in [2.45, 2.75) is 58.6 Å². The maximum absolute atomic E-state index is 13.1. The van der Waals surface area contributed by atoms with E-state index >= 15 is 0 Å². The zero-order valence-corrected chi connectivity index (χ0v) is 19.2. The van der Waals surface area contributed by atoms with Crippen LogP contribution in [0.4, 0.5) is 0 Å². The zero-order chi connectivity index (χ0) is 23.3. The summed E-state index contributed by atoms with van der Waals surface area (Å²) in [5.41, 5.74) is 0.301. The SMILES string of the molecule is CC1CCN(C(=O)c2[nH]cnc2C(=O)N[C@@H](Cc2ccccc2)C(=O)OC(C)(C)C)CC1. The van der Waals surface area contributed by atoms with Gasteiger partial charge in [0.15, 0.2) is 5.69 Å². The number of carbonyl (C=O) groups is 3. The quantitative estimate of drug-likeness (QED) is 0.672. The molecule has 0 aliphatic carbocycles. The third-order valence-electron chi connectivity index (χ3n) is 5.42. The molecule has 1 atom stereocenters. The molecule has 1 aliphatic heterocycles. The number of H-pyrrole nitrogens is 1. The van der Waals surface area contributed by atoms with Gasteiger partial charge in [0.25, 0.3) is 11.8 Å². The Morgan fingerprint density at radius 2 is 1.84 bits per heavy atom. The molecule has 8 nitrogen and oxygen atoms in total. The predicted molar refractivity (Wildman–Crippen MR) is 120 cm³/mol. The van der Waals surface area contributed by atoms with Gasteiger partial charge in [0.05, 0.1) is 6.33 Å². The van der Waals surface area contributed by atoms with Crippen molar-refractivity contribution in [1.82, 2.24) is 20.2 Å². The lowest BCUT2D eigenvalue weighted by Crippen LogP contribution is -2.46. The van der Waals surface area contributed by atoms with E-state index < -0.39 is 23.5 Å². The molecule has 1 fully saturated rings. The molecule has 2 N–H and O–H groups in total. The molecule has 1 saturated heterocycles. The minimum Gasteiger partial charge on any atom is -0.458 e. The fraction of sp³-hybridized carbons (Fsp3) is 0.500. The summed E-state index contributed by atoms with van der Waals surface area (Å²) in [6.07, 6.45) is 3.45. The number of nitrogens with zero attached hydrogens (tertiary/aromatic N) is 2. The molecule has 0 saturated carbocycles.